The van der Waals surface area contributed by atoms with Crippen LogP contribution in [-0.4, -0.2) is 62.6 Å². The Morgan fingerprint density at radius 2 is 1.80 bits per heavy atom. The predicted octanol–water partition coefficient (Wildman–Crippen LogP) is 1.87. The molecule has 1 fully saturated rings. The highest BCUT2D eigenvalue weighted by molar-refractivity contribution is 7.89. The fourth-order valence-electron chi connectivity index (χ4n) is 3.40. The van der Waals surface area contributed by atoms with Gasteiger partial charge in [0.2, 0.25) is 16.8 Å². The van der Waals surface area contributed by atoms with E-state index in [0.717, 1.165) is 11.6 Å². The molecule has 160 valence electrons. The minimum atomic E-state index is -3.79. The number of piperazine rings is 1. The third kappa shape index (κ3) is 4.04. The second-order valence-corrected chi connectivity index (χ2v) is 9.12. The van der Waals surface area contributed by atoms with Crippen molar-refractivity contribution in [1.82, 2.24) is 9.21 Å². The molecule has 30 heavy (non-hydrogen) atoms. The van der Waals surface area contributed by atoms with Crippen LogP contribution >= 0.6 is 0 Å². The second-order valence-electron chi connectivity index (χ2n) is 7.18. The van der Waals surface area contributed by atoms with Crippen molar-refractivity contribution in [3.8, 4) is 11.5 Å². The van der Waals surface area contributed by atoms with Crippen molar-refractivity contribution in [2.75, 3.05) is 45.3 Å². The predicted molar refractivity (Wildman–Crippen MR) is 109 cm³/mol. The molecule has 0 atom stereocenters. The third-order valence-corrected chi connectivity index (χ3v) is 7.08. The van der Waals surface area contributed by atoms with E-state index in [-0.39, 0.29) is 23.1 Å². The molecule has 2 aliphatic rings. The van der Waals surface area contributed by atoms with Gasteiger partial charge < -0.3 is 19.7 Å². The van der Waals surface area contributed by atoms with Gasteiger partial charge in [-0.2, -0.15) is 4.31 Å². The number of fused-ring (bicyclic) bond motifs is 1. The van der Waals surface area contributed by atoms with Crippen LogP contribution in [0.15, 0.2) is 41.3 Å². The van der Waals surface area contributed by atoms with Crippen LogP contribution in [0.2, 0.25) is 0 Å². The number of nitro groups is 1. The molecule has 0 bridgehead atoms. The van der Waals surface area contributed by atoms with E-state index in [1.807, 2.05) is 18.0 Å². The molecule has 2 aliphatic heterocycles. The molecule has 0 saturated carbocycles. The lowest BCUT2D eigenvalue weighted by Crippen LogP contribution is -2.47. The number of nitro benzene ring substituents is 1. The molecule has 4 rings (SSSR count). The number of hydrogen-bond acceptors (Lipinski definition) is 8. The van der Waals surface area contributed by atoms with Crippen LogP contribution in [0.5, 0.6) is 11.5 Å². The molecule has 1 N–H and O–H groups in total. The third-order valence-electron chi connectivity index (χ3n) is 5.19. The molecule has 2 aromatic carbocycles. The minimum absolute atomic E-state index is 0.0765. The van der Waals surface area contributed by atoms with E-state index in [1.165, 1.54) is 16.4 Å². The summed E-state index contributed by atoms with van der Waals surface area (Å²) in [6.45, 7) is 2.43. The zero-order valence-corrected chi connectivity index (χ0v) is 17.2. The molecule has 11 heteroatoms. The van der Waals surface area contributed by atoms with Gasteiger partial charge in [-0.1, -0.05) is 6.07 Å². The summed E-state index contributed by atoms with van der Waals surface area (Å²) in [6.07, 6.45) is 0. The summed E-state index contributed by atoms with van der Waals surface area (Å²) in [5.41, 5.74) is 0.809. The second kappa shape index (κ2) is 8.09. The van der Waals surface area contributed by atoms with Crippen molar-refractivity contribution in [1.29, 1.82) is 0 Å². The summed E-state index contributed by atoms with van der Waals surface area (Å²) in [7, 11) is -1.86. The normalized spacial score (nSPS) is 17.1. The lowest BCUT2D eigenvalue weighted by molar-refractivity contribution is -0.384. The van der Waals surface area contributed by atoms with Crippen LogP contribution < -0.4 is 14.8 Å². The van der Waals surface area contributed by atoms with E-state index in [2.05, 4.69) is 5.32 Å². The molecular weight excluding hydrogens is 412 g/mol. The smallest absolute Gasteiger partial charge is 0.293 e. The molecule has 0 aliphatic carbocycles. The Labute approximate surface area is 174 Å². The molecule has 2 heterocycles. The number of nitrogens with zero attached hydrogens (tertiary/aromatic N) is 3. The molecule has 0 amide bonds. The number of likely N-dealkylation sites (N-methyl/N-ethyl adjacent to an activating group) is 1. The first-order valence-corrected chi connectivity index (χ1v) is 10.9. The van der Waals surface area contributed by atoms with Crippen LogP contribution in [0.3, 0.4) is 0 Å². The van der Waals surface area contributed by atoms with Gasteiger partial charge in [-0.25, -0.2) is 8.42 Å². The largest absolute Gasteiger partial charge is 0.454 e. The number of benzene rings is 2. The van der Waals surface area contributed by atoms with Gasteiger partial charge in [0.25, 0.3) is 5.69 Å². The Morgan fingerprint density at radius 1 is 1.07 bits per heavy atom. The zero-order valence-electron chi connectivity index (χ0n) is 16.4. The number of rotatable bonds is 6. The minimum Gasteiger partial charge on any atom is -0.454 e. The highest BCUT2D eigenvalue weighted by Gasteiger charge is 2.29. The molecule has 0 unspecified atom stereocenters. The van der Waals surface area contributed by atoms with Crippen LogP contribution in [0, 0.1) is 10.1 Å². The first-order valence-electron chi connectivity index (χ1n) is 9.44. The summed E-state index contributed by atoms with van der Waals surface area (Å²) >= 11 is 0. The Bertz CT molecular complexity index is 1070. The van der Waals surface area contributed by atoms with Crippen molar-refractivity contribution in [2.24, 2.45) is 0 Å². The molecule has 1 saturated heterocycles. The summed E-state index contributed by atoms with van der Waals surface area (Å²) in [5.74, 6) is 1.28. The number of hydrogen-bond donors (Lipinski definition) is 1. The quantitative estimate of drug-likeness (QED) is 0.541. The highest BCUT2D eigenvalue weighted by Crippen LogP contribution is 2.33. The van der Waals surface area contributed by atoms with Crippen molar-refractivity contribution in [2.45, 2.75) is 11.4 Å². The lowest BCUT2D eigenvalue weighted by Gasteiger charge is -2.31. The summed E-state index contributed by atoms with van der Waals surface area (Å²) in [4.78, 5) is 13.0. The van der Waals surface area contributed by atoms with Gasteiger partial charge >= 0.3 is 0 Å². The van der Waals surface area contributed by atoms with Gasteiger partial charge in [-0.15, -0.1) is 0 Å². The lowest BCUT2D eigenvalue weighted by atomic mass is 10.2. The first kappa shape index (κ1) is 20.4. The number of anilines is 1. The van der Waals surface area contributed by atoms with E-state index in [0.29, 0.717) is 44.2 Å². The number of sulfonamides is 1. The summed E-state index contributed by atoms with van der Waals surface area (Å²) in [6, 6.07) is 9.37. The van der Waals surface area contributed by atoms with Gasteiger partial charge in [0, 0.05) is 38.8 Å². The Hall–Kier alpha value is -2.89. The maximum absolute atomic E-state index is 12.9. The van der Waals surface area contributed by atoms with Crippen molar-refractivity contribution >= 4 is 21.4 Å². The van der Waals surface area contributed by atoms with Gasteiger partial charge in [0.1, 0.15) is 5.69 Å². The first-order chi connectivity index (χ1) is 14.3. The highest BCUT2D eigenvalue weighted by atomic mass is 32.2. The standard InChI is InChI=1S/C19H22N4O6S/c1-21-6-8-22(9-7-21)30(26,27)15-3-4-16(17(11-15)23(24)25)20-12-14-2-5-18-19(10-14)29-13-28-18/h2-5,10-11,20H,6-9,12-13H2,1H3. The van der Waals surface area contributed by atoms with E-state index in [9.17, 15) is 18.5 Å². The van der Waals surface area contributed by atoms with Gasteiger partial charge in [-0.3, -0.25) is 10.1 Å². The maximum atomic E-state index is 12.9. The van der Waals surface area contributed by atoms with E-state index < -0.39 is 14.9 Å². The van der Waals surface area contributed by atoms with E-state index >= 15 is 0 Å². The summed E-state index contributed by atoms with van der Waals surface area (Å²) < 4.78 is 37.8. The molecule has 10 nitrogen and oxygen atoms in total. The Kier molecular flexibility index (Phi) is 5.50. The number of ether oxygens (including phenoxy) is 2. The number of nitrogens with one attached hydrogen (secondary N) is 1. The van der Waals surface area contributed by atoms with Crippen molar-refractivity contribution < 1.29 is 22.8 Å². The average Bonchev–Trinajstić information content (AvgIpc) is 3.20. The SMILES string of the molecule is CN1CCN(S(=O)(=O)c2ccc(NCc3ccc4c(c3)OCO4)c([N+](=O)[O-])c2)CC1. The Balaban J connectivity index is 1.54. The monoisotopic (exact) mass is 434 g/mol. The van der Waals surface area contributed by atoms with E-state index in [4.69, 9.17) is 9.47 Å². The van der Waals surface area contributed by atoms with Gasteiger partial charge in [0.15, 0.2) is 11.5 Å². The van der Waals surface area contributed by atoms with Crippen LogP contribution in [-0.2, 0) is 16.6 Å². The molecule has 0 spiro atoms. The average molecular weight is 434 g/mol. The molecule has 2 aromatic rings. The molecular formula is C19H22N4O6S. The topological polar surface area (TPSA) is 114 Å². The van der Waals surface area contributed by atoms with Gasteiger partial charge in [0.05, 0.1) is 9.82 Å². The van der Waals surface area contributed by atoms with Crippen LogP contribution in [0.25, 0.3) is 0 Å². The maximum Gasteiger partial charge on any atom is 0.293 e. The zero-order chi connectivity index (χ0) is 21.3. The van der Waals surface area contributed by atoms with Crippen LogP contribution in [0.4, 0.5) is 11.4 Å². The summed E-state index contributed by atoms with van der Waals surface area (Å²) in [5, 5.41) is 14.6. The molecule has 0 aromatic heterocycles. The van der Waals surface area contributed by atoms with Gasteiger partial charge in [-0.05, 0) is 36.9 Å². The van der Waals surface area contributed by atoms with Crippen molar-refractivity contribution in [3.05, 3.63) is 52.1 Å². The fourth-order valence-corrected chi connectivity index (χ4v) is 4.84. The van der Waals surface area contributed by atoms with Crippen molar-refractivity contribution in [3.63, 3.8) is 0 Å². The Morgan fingerprint density at radius 3 is 2.53 bits per heavy atom. The molecule has 0 radical (unpaired) electrons. The van der Waals surface area contributed by atoms with E-state index in [1.54, 1.807) is 12.1 Å². The fraction of sp³-hybridized carbons (Fsp3) is 0.368. The van der Waals surface area contributed by atoms with Crippen LogP contribution in [0.1, 0.15) is 5.56 Å².